The summed E-state index contributed by atoms with van der Waals surface area (Å²) < 4.78 is 18.3. The van der Waals surface area contributed by atoms with Crippen molar-refractivity contribution in [3.8, 4) is 11.5 Å². The van der Waals surface area contributed by atoms with Crippen LogP contribution in [0.15, 0.2) is 53.3 Å². The van der Waals surface area contributed by atoms with Gasteiger partial charge in [-0.1, -0.05) is 5.16 Å². The highest BCUT2D eigenvalue weighted by Crippen LogP contribution is 2.23. The van der Waals surface area contributed by atoms with E-state index in [0.29, 0.717) is 42.4 Å². The van der Waals surface area contributed by atoms with E-state index in [1.54, 1.807) is 36.7 Å². The second-order valence-electron chi connectivity index (χ2n) is 6.37. The van der Waals surface area contributed by atoms with Crippen molar-refractivity contribution in [1.82, 2.24) is 20.0 Å². The van der Waals surface area contributed by atoms with Gasteiger partial charge in [-0.3, -0.25) is 9.78 Å². The van der Waals surface area contributed by atoms with Crippen LogP contribution in [0.2, 0.25) is 0 Å². The van der Waals surface area contributed by atoms with E-state index in [1.165, 1.54) is 12.1 Å². The van der Waals surface area contributed by atoms with Gasteiger partial charge in [0.25, 0.3) is 11.8 Å². The molecule has 132 valence electrons. The van der Waals surface area contributed by atoms with Gasteiger partial charge in [-0.05, 0) is 48.7 Å². The molecule has 0 N–H and O–H groups in total. The molecule has 6 nitrogen and oxygen atoms in total. The fourth-order valence-electron chi connectivity index (χ4n) is 3.16. The topological polar surface area (TPSA) is 72.1 Å². The maximum absolute atomic E-state index is 13.0. The van der Waals surface area contributed by atoms with Gasteiger partial charge in [0, 0.05) is 37.5 Å². The van der Waals surface area contributed by atoms with Gasteiger partial charge in [-0.15, -0.1) is 0 Å². The van der Waals surface area contributed by atoms with Gasteiger partial charge in [0.05, 0.1) is 5.56 Å². The first kappa shape index (κ1) is 16.4. The number of nitrogens with zero attached hydrogens (tertiary/aromatic N) is 4. The Morgan fingerprint density at radius 3 is 2.88 bits per heavy atom. The third-order valence-corrected chi connectivity index (χ3v) is 4.51. The Morgan fingerprint density at radius 1 is 1.27 bits per heavy atom. The van der Waals surface area contributed by atoms with E-state index in [9.17, 15) is 9.18 Å². The molecule has 26 heavy (non-hydrogen) atoms. The number of likely N-dealkylation sites (tertiary alicyclic amines) is 1. The second kappa shape index (κ2) is 7.03. The summed E-state index contributed by atoms with van der Waals surface area (Å²) in [4.78, 5) is 22.7. The average Bonchev–Trinajstić information content (AvgIpc) is 3.33. The highest BCUT2D eigenvalue weighted by atomic mass is 19.1. The van der Waals surface area contributed by atoms with Crippen molar-refractivity contribution in [1.29, 1.82) is 0 Å². The number of benzene rings is 1. The van der Waals surface area contributed by atoms with E-state index in [-0.39, 0.29) is 17.6 Å². The molecule has 1 fully saturated rings. The maximum atomic E-state index is 13.0. The van der Waals surface area contributed by atoms with E-state index in [1.807, 2.05) is 4.90 Å². The molecule has 0 spiro atoms. The smallest absolute Gasteiger partial charge is 0.257 e. The van der Waals surface area contributed by atoms with E-state index in [4.69, 9.17) is 4.52 Å². The van der Waals surface area contributed by atoms with Gasteiger partial charge in [-0.2, -0.15) is 4.98 Å². The molecule has 1 unspecified atom stereocenters. The minimum atomic E-state index is -0.308. The first-order valence-corrected chi connectivity index (χ1v) is 8.47. The largest absolute Gasteiger partial charge is 0.338 e. The summed E-state index contributed by atoms with van der Waals surface area (Å²) in [5.74, 6) is 0.958. The van der Waals surface area contributed by atoms with E-state index < -0.39 is 0 Å². The normalized spacial score (nSPS) is 16.8. The summed E-state index contributed by atoms with van der Waals surface area (Å²) in [5.41, 5.74) is 1.29. The van der Waals surface area contributed by atoms with Crippen molar-refractivity contribution in [2.24, 2.45) is 5.92 Å². The predicted octanol–water partition coefficient (Wildman–Crippen LogP) is 2.98. The lowest BCUT2D eigenvalue weighted by atomic mass is 10.0. The summed E-state index contributed by atoms with van der Waals surface area (Å²) in [6.07, 6.45) is 4.77. The molecule has 1 atom stereocenters. The predicted molar refractivity (Wildman–Crippen MR) is 91.6 cm³/mol. The molecule has 0 radical (unpaired) electrons. The standard InChI is InChI=1S/C19H17FN4O2/c20-16-5-3-14(4-6-16)18-22-17(23-26-18)10-13-7-9-24(12-13)19(25)15-2-1-8-21-11-15/h1-6,8,11,13H,7,9-10,12H2. The molecule has 0 aliphatic carbocycles. The Balaban J connectivity index is 1.38. The maximum Gasteiger partial charge on any atom is 0.257 e. The van der Waals surface area contributed by atoms with E-state index >= 15 is 0 Å². The first-order chi connectivity index (χ1) is 12.7. The quantitative estimate of drug-likeness (QED) is 0.722. The number of carbonyl (C=O) groups is 1. The number of hydrogen-bond acceptors (Lipinski definition) is 5. The number of halogens is 1. The van der Waals surface area contributed by atoms with Gasteiger partial charge in [0.1, 0.15) is 5.82 Å². The summed E-state index contributed by atoms with van der Waals surface area (Å²) in [5, 5.41) is 4.01. The van der Waals surface area contributed by atoms with Crippen molar-refractivity contribution in [2.75, 3.05) is 13.1 Å². The molecule has 1 aliphatic heterocycles. The van der Waals surface area contributed by atoms with Gasteiger partial charge in [-0.25, -0.2) is 4.39 Å². The Morgan fingerprint density at radius 2 is 2.12 bits per heavy atom. The minimum Gasteiger partial charge on any atom is -0.338 e. The molecule has 4 rings (SSSR count). The number of carbonyl (C=O) groups excluding carboxylic acids is 1. The highest BCUT2D eigenvalue weighted by Gasteiger charge is 2.28. The summed E-state index contributed by atoms with van der Waals surface area (Å²) in [6, 6.07) is 9.47. The fourth-order valence-corrected chi connectivity index (χ4v) is 3.16. The van der Waals surface area contributed by atoms with Gasteiger partial charge < -0.3 is 9.42 Å². The third kappa shape index (κ3) is 3.46. The Labute approximate surface area is 149 Å². The van der Waals surface area contributed by atoms with Crippen LogP contribution in [-0.2, 0) is 6.42 Å². The van der Waals surface area contributed by atoms with Crippen LogP contribution >= 0.6 is 0 Å². The molecule has 0 saturated carbocycles. The average molecular weight is 352 g/mol. The number of pyridine rings is 1. The molecule has 1 aliphatic rings. The number of amides is 1. The van der Waals surface area contributed by atoms with Crippen LogP contribution in [0.25, 0.3) is 11.5 Å². The molecule has 1 aromatic carbocycles. The van der Waals surface area contributed by atoms with Crippen molar-refractivity contribution in [2.45, 2.75) is 12.8 Å². The fraction of sp³-hybridized carbons (Fsp3) is 0.263. The molecular weight excluding hydrogens is 335 g/mol. The second-order valence-corrected chi connectivity index (χ2v) is 6.37. The van der Waals surface area contributed by atoms with Crippen LogP contribution in [0.3, 0.4) is 0 Å². The van der Waals surface area contributed by atoms with E-state index in [2.05, 4.69) is 15.1 Å². The molecular formula is C19H17FN4O2. The molecule has 3 aromatic rings. The lowest BCUT2D eigenvalue weighted by molar-refractivity contribution is 0.0786. The zero-order valence-corrected chi connectivity index (χ0v) is 14.0. The number of hydrogen-bond donors (Lipinski definition) is 0. The van der Waals surface area contributed by atoms with Gasteiger partial charge in [0.15, 0.2) is 5.82 Å². The van der Waals surface area contributed by atoms with Crippen molar-refractivity contribution < 1.29 is 13.7 Å². The molecule has 3 heterocycles. The lowest BCUT2D eigenvalue weighted by Crippen LogP contribution is -2.29. The zero-order chi connectivity index (χ0) is 17.9. The van der Waals surface area contributed by atoms with Crippen LogP contribution in [0.5, 0.6) is 0 Å². The number of aromatic nitrogens is 3. The Kier molecular flexibility index (Phi) is 4.43. The van der Waals surface area contributed by atoms with E-state index in [0.717, 1.165) is 6.42 Å². The molecule has 1 amide bonds. The SMILES string of the molecule is O=C(c1cccnc1)N1CCC(Cc2noc(-c3ccc(F)cc3)n2)C1. The Hall–Kier alpha value is -3.09. The highest BCUT2D eigenvalue weighted by molar-refractivity contribution is 5.94. The first-order valence-electron chi connectivity index (χ1n) is 8.47. The van der Waals surface area contributed by atoms with Crippen molar-refractivity contribution in [3.63, 3.8) is 0 Å². The van der Waals surface area contributed by atoms with Crippen molar-refractivity contribution in [3.05, 3.63) is 66.0 Å². The molecule has 2 aromatic heterocycles. The number of rotatable bonds is 4. The molecule has 1 saturated heterocycles. The lowest BCUT2D eigenvalue weighted by Gasteiger charge is -2.15. The summed E-state index contributed by atoms with van der Waals surface area (Å²) in [7, 11) is 0. The van der Waals surface area contributed by atoms with Gasteiger partial charge in [0.2, 0.25) is 0 Å². The summed E-state index contributed by atoms with van der Waals surface area (Å²) in [6.45, 7) is 1.37. The van der Waals surface area contributed by atoms with Gasteiger partial charge >= 0.3 is 0 Å². The summed E-state index contributed by atoms with van der Waals surface area (Å²) >= 11 is 0. The minimum absolute atomic E-state index is 0.000660. The van der Waals surface area contributed by atoms with Crippen LogP contribution in [0, 0.1) is 11.7 Å². The van der Waals surface area contributed by atoms with Crippen LogP contribution in [0.1, 0.15) is 22.6 Å². The van der Waals surface area contributed by atoms with Crippen LogP contribution < -0.4 is 0 Å². The zero-order valence-electron chi connectivity index (χ0n) is 14.0. The Bertz CT molecular complexity index is 895. The molecule has 0 bridgehead atoms. The monoisotopic (exact) mass is 352 g/mol. The van der Waals surface area contributed by atoms with Crippen LogP contribution in [0.4, 0.5) is 4.39 Å². The van der Waals surface area contributed by atoms with Crippen LogP contribution in [-0.4, -0.2) is 39.0 Å². The third-order valence-electron chi connectivity index (χ3n) is 4.51. The molecule has 7 heteroatoms. The van der Waals surface area contributed by atoms with Crippen molar-refractivity contribution >= 4 is 5.91 Å².